The molecule has 8 heavy (non-hydrogen) atoms. The molecule has 1 unspecified atom stereocenters. The zero-order valence-corrected chi connectivity index (χ0v) is 8.20. The second-order valence-corrected chi connectivity index (χ2v) is 2.38. The Kier molecular flexibility index (Phi) is 9.15. The van der Waals surface area contributed by atoms with Crippen molar-refractivity contribution in [3.63, 3.8) is 0 Å². The summed E-state index contributed by atoms with van der Waals surface area (Å²) in [6.45, 7) is 0. The number of rotatable bonds is 2. The molecule has 1 atom stereocenters. The molecule has 0 aliphatic rings. The van der Waals surface area contributed by atoms with Crippen molar-refractivity contribution in [1.82, 2.24) is 4.90 Å². The van der Waals surface area contributed by atoms with Crippen LogP contribution in [-0.2, 0) is 11.1 Å². The van der Waals surface area contributed by atoms with Gasteiger partial charge in [-0.3, -0.25) is 9.11 Å². The van der Waals surface area contributed by atoms with E-state index in [1.807, 2.05) is 0 Å². The Hall–Kier alpha value is 1.07. The average Bonchev–Trinajstić information content (AvgIpc) is 1.27. The fraction of sp³-hybridized carbons (Fsp3) is 1.00. The molecule has 0 aromatic heterocycles. The van der Waals surface area contributed by atoms with E-state index >= 15 is 0 Å². The first-order valence-corrected chi connectivity index (χ1v) is 3.08. The predicted molar refractivity (Wildman–Crippen MR) is 27.5 cm³/mol. The van der Waals surface area contributed by atoms with Crippen molar-refractivity contribution in [2.75, 3.05) is 20.0 Å². The smallest absolute Gasteiger partial charge is 0.771 e. The molecule has 3 nitrogen and oxygen atoms in total. The third-order valence-electron chi connectivity index (χ3n) is 0.364. The van der Waals surface area contributed by atoms with Crippen LogP contribution in [0.1, 0.15) is 0 Å². The Labute approximate surface area is 74.0 Å². The SMILES string of the molecule is CN(C)CS(=O)[O-].[Na+]. The van der Waals surface area contributed by atoms with Gasteiger partial charge in [0.15, 0.2) is 0 Å². The normalized spacial score (nSPS) is 13.0. The molecule has 0 spiro atoms. The summed E-state index contributed by atoms with van der Waals surface area (Å²) in [7, 11) is 3.41. The average molecular weight is 145 g/mol. The van der Waals surface area contributed by atoms with Crippen molar-refractivity contribution in [3.8, 4) is 0 Å². The van der Waals surface area contributed by atoms with Crippen molar-refractivity contribution in [2.45, 2.75) is 0 Å². The van der Waals surface area contributed by atoms with E-state index in [0.717, 1.165) is 0 Å². The fourth-order valence-electron chi connectivity index (χ4n) is 0.211. The largest absolute Gasteiger partial charge is 1.00 e. The molecule has 0 aliphatic carbocycles. The number of hydrogen-bond donors (Lipinski definition) is 0. The molecule has 0 bridgehead atoms. The Bertz CT molecular complexity index is 77.7. The summed E-state index contributed by atoms with van der Waals surface area (Å²) in [5.41, 5.74) is 0. The van der Waals surface area contributed by atoms with Crippen LogP contribution < -0.4 is 29.6 Å². The molecule has 5 heteroatoms. The zero-order valence-electron chi connectivity index (χ0n) is 5.38. The molecule has 0 rings (SSSR count). The number of nitrogens with zero attached hydrogens (tertiary/aromatic N) is 1. The molecule has 0 heterocycles. The van der Waals surface area contributed by atoms with E-state index in [-0.39, 0.29) is 35.4 Å². The predicted octanol–water partition coefficient (Wildman–Crippen LogP) is -3.61. The van der Waals surface area contributed by atoms with E-state index in [1.54, 1.807) is 19.0 Å². The van der Waals surface area contributed by atoms with Gasteiger partial charge in [-0.2, -0.15) is 0 Å². The van der Waals surface area contributed by atoms with Crippen LogP contribution in [0, 0.1) is 0 Å². The molecular formula is C3H8NNaO2S. The zero-order chi connectivity index (χ0) is 5.86. The Morgan fingerprint density at radius 3 is 2.00 bits per heavy atom. The number of hydrogen-bond acceptors (Lipinski definition) is 3. The molecule has 0 fully saturated rings. The van der Waals surface area contributed by atoms with E-state index in [2.05, 4.69) is 0 Å². The van der Waals surface area contributed by atoms with Gasteiger partial charge in [-0.05, 0) is 25.2 Å². The van der Waals surface area contributed by atoms with E-state index in [9.17, 15) is 8.76 Å². The summed E-state index contributed by atoms with van der Waals surface area (Å²) >= 11 is -1.92. The van der Waals surface area contributed by atoms with Gasteiger partial charge in [-0.1, -0.05) is 0 Å². The van der Waals surface area contributed by atoms with Crippen LogP contribution in [0.25, 0.3) is 0 Å². The first kappa shape index (κ1) is 11.8. The van der Waals surface area contributed by atoms with Crippen molar-refractivity contribution in [1.29, 1.82) is 0 Å². The summed E-state index contributed by atoms with van der Waals surface area (Å²) in [5, 5.41) is 0. The van der Waals surface area contributed by atoms with Crippen LogP contribution in [-0.4, -0.2) is 33.6 Å². The molecule has 0 aromatic carbocycles. The van der Waals surface area contributed by atoms with Crippen molar-refractivity contribution in [3.05, 3.63) is 0 Å². The van der Waals surface area contributed by atoms with Gasteiger partial charge in [0.25, 0.3) is 0 Å². The van der Waals surface area contributed by atoms with Gasteiger partial charge in [0.05, 0.1) is 5.88 Å². The molecule has 0 saturated heterocycles. The minimum atomic E-state index is -1.92. The van der Waals surface area contributed by atoms with Crippen molar-refractivity contribution < 1.29 is 38.3 Å². The summed E-state index contributed by atoms with van der Waals surface area (Å²) in [6, 6.07) is 0. The van der Waals surface area contributed by atoms with Crippen LogP contribution >= 0.6 is 0 Å². The van der Waals surface area contributed by atoms with Gasteiger partial charge >= 0.3 is 29.6 Å². The second-order valence-electron chi connectivity index (χ2n) is 1.51. The monoisotopic (exact) mass is 145 g/mol. The van der Waals surface area contributed by atoms with Gasteiger partial charge in [0, 0.05) is 0 Å². The maximum atomic E-state index is 9.77. The summed E-state index contributed by atoms with van der Waals surface area (Å²) in [6.07, 6.45) is 0. The third-order valence-corrected chi connectivity index (χ3v) is 1.09. The molecular weight excluding hydrogens is 137 g/mol. The first-order chi connectivity index (χ1) is 3.13. The van der Waals surface area contributed by atoms with Gasteiger partial charge in [-0.25, -0.2) is 0 Å². The second kappa shape index (κ2) is 6.19. The maximum absolute atomic E-state index is 9.77. The van der Waals surface area contributed by atoms with Crippen molar-refractivity contribution >= 4 is 11.1 Å². The van der Waals surface area contributed by atoms with Crippen LogP contribution in [0.4, 0.5) is 0 Å². The maximum Gasteiger partial charge on any atom is 1.00 e. The van der Waals surface area contributed by atoms with Crippen LogP contribution in [0.3, 0.4) is 0 Å². The molecule has 0 aliphatic heterocycles. The minimum Gasteiger partial charge on any atom is -0.771 e. The van der Waals surface area contributed by atoms with Gasteiger partial charge in [-0.15, -0.1) is 0 Å². The van der Waals surface area contributed by atoms with Crippen LogP contribution in [0.5, 0.6) is 0 Å². The Balaban J connectivity index is 0. The first-order valence-electron chi connectivity index (χ1n) is 1.83. The van der Waals surface area contributed by atoms with E-state index < -0.39 is 11.1 Å². The third kappa shape index (κ3) is 10.1. The van der Waals surface area contributed by atoms with Crippen molar-refractivity contribution in [2.24, 2.45) is 0 Å². The molecule has 0 saturated carbocycles. The van der Waals surface area contributed by atoms with Gasteiger partial charge in [0.2, 0.25) is 0 Å². The topological polar surface area (TPSA) is 43.4 Å². The fourth-order valence-corrected chi connectivity index (χ4v) is 0.632. The van der Waals surface area contributed by atoms with Crippen LogP contribution in [0.2, 0.25) is 0 Å². The van der Waals surface area contributed by atoms with E-state index in [1.165, 1.54) is 0 Å². The quantitative estimate of drug-likeness (QED) is 0.298. The molecule has 0 aromatic rings. The molecule has 0 radical (unpaired) electrons. The van der Waals surface area contributed by atoms with Gasteiger partial charge in [0.1, 0.15) is 0 Å². The summed E-state index contributed by atoms with van der Waals surface area (Å²) in [4.78, 5) is 1.59. The molecule has 0 N–H and O–H groups in total. The molecule has 0 amide bonds. The minimum absolute atomic E-state index is 0. The Morgan fingerprint density at radius 1 is 1.62 bits per heavy atom. The van der Waals surface area contributed by atoms with Gasteiger partial charge < -0.3 is 4.55 Å². The summed E-state index contributed by atoms with van der Waals surface area (Å²) < 4.78 is 19.5. The van der Waals surface area contributed by atoms with E-state index in [0.29, 0.717) is 0 Å². The van der Waals surface area contributed by atoms with Crippen LogP contribution in [0.15, 0.2) is 0 Å². The molecule has 44 valence electrons. The summed E-state index contributed by atoms with van der Waals surface area (Å²) in [5.74, 6) is 0.111. The van der Waals surface area contributed by atoms with E-state index in [4.69, 9.17) is 0 Å². The Morgan fingerprint density at radius 2 is 2.00 bits per heavy atom. The standard InChI is InChI=1S/C3H9NO2S.Na/c1-4(2)3-7(5)6;/h3H2,1-2H3,(H,5,6);/q;+1/p-1.